The molecule has 1 unspecified atom stereocenters. The number of piperidine rings is 1. The van der Waals surface area contributed by atoms with Crippen molar-refractivity contribution >= 4 is 29.4 Å². The molecule has 0 radical (unpaired) electrons. The van der Waals surface area contributed by atoms with E-state index in [1.54, 1.807) is 9.80 Å². The van der Waals surface area contributed by atoms with E-state index in [9.17, 15) is 40.7 Å². The number of aliphatic carboxylic acids is 1. The molecule has 0 bridgehead atoms. The molecule has 2 amide bonds. The minimum atomic E-state index is -4.81. The van der Waals surface area contributed by atoms with Crippen LogP contribution in [0.4, 0.5) is 38.0 Å². The van der Waals surface area contributed by atoms with Gasteiger partial charge in [0.15, 0.2) is 0 Å². The third-order valence-corrected chi connectivity index (χ3v) is 8.85. The van der Waals surface area contributed by atoms with Crippen LogP contribution in [-0.4, -0.2) is 77.7 Å². The lowest BCUT2D eigenvalue weighted by molar-refractivity contribution is -0.145. The highest BCUT2D eigenvalue weighted by atomic mass is 19.4. The molecule has 2 saturated heterocycles. The number of nitrogens with two attached hydrogens (primary N) is 1. The number of nitrogens with one attached hydrogen (secondary N) is 2. The van der Waals surface area contributed by atoms with Gasteiger partial charge in [-0.25, -0.2) is 9.97 Å². The number of aromatic nitrogens is 2. The molecule has 2 aliphatic rings. The predicted molar refractivity (Wildman–Crippen MR) is 168 cm³/mol. The van der Waals surface area contributed by atoms with E-state index in [0.29, 0.717) is 69.8 Å². The van der Waals surface area contributed by atoms with Crippen LogP contribution in [0.25, 0.3) is 0 Å². The molecule has 17 heteroatoms. The van der Waals surface area contributed by atoms with Crippen LogP contribution in [0.2, 0.25) is 0 Å². The Balaban J connectivity index is 1.31. The van der Waals surface area contributed by atoms with Crippen molar-refractivity contribution in [2.75, 3.05) is 42.5 Å². The second kappa shape index (κ2) is 16.5. The van der Waals surface area contributed by atoms with E-state index in [1.165, 1.54) is 18.2 Å². The molecule has 3 heterocycles. The summed E-state index contributed by atoms with van der Waals surface area (Å²) in [6, 6.07) is 4.24. The Kier molecular flexibility index (Phi) is 12.7. The number of carbonyl (C=O) groups is 3. The summed E-state index contributed by atoms with van der Waals surface area (Å²) < 4.78 is 80.3. The maximum atomic E-state index is 13.9. The van der Waals surface area contributed by atoms with Crippen LogP contribution < -0.4 is 26.2 Å². The van der Waals surface area contributed by atoms with Crippen molar-refractivity contribution in [3.63, 3.8) is 0 Å². The molecule has 5 N–H and O–H groups in total. The molecule has 2 atom stereocenters. The van der Waals surface area contributed by atoms with Gasteiger partial charge in [-0.1, -0.05) is 12.1 Å². The number of halogens is 6. The van der Waals surface area contributed by atoms with E-state index < -0.39 is 47.7 Å². The first kappa shape index (κ1) is 37.7. The molecule has 4 rings (SSSR count). The Morgan fingerprint density at radius 1 is 0.918 bits per heavy atom. The van der Waals surface area contributed by atoms with Gasteiger partial charge in [-0.2, -0.15) is 26.3 Å². The summed E-state index contributed by atoms with van der Waals surface area (Å²) in [5, 5.41) is 14.3. The van der Waals surface area contributed by atoms with Crippen LogP contribution in [0, 0.1) is 5.92 Å². The largest absolute Gasteiger partial charge is 0.480 e. The number of hydrogen-bond donors (Lipinski definition) is 4. The summed E-state index contributed by atoms with van der Waals surface area (Å²) >= 11 is 0. The fraction of sp³-hybridized carbons (Fsp3) is 0.594. The summed E-state index contributed by atoms with van der Waals surface area (Å²) in [6.45, 7) is 1.80. The lowest BCUT2D eigenvalue weighted by atomic mass is 9.92. The number of anilines is 2. The summed E-state index contributed by atoms with van der Waals surface area (Å²) in [5.41, 5.74) is 5.24. The molecule has 2 fully saturated rings. The van der Waals surface area contributed by atoms with Crippen molar-refractivity contribution in [3.05, 3.63) is 47.3 Å². The van der Waals surface area contributed by atoms with Crippen LogP contribution in [0.15, 0.2) is 30.3 Å². The lowest BCUT2D eigenvalue weighted by Gasteiger charge is -2.34. The van der Waals surface area contributed by atoms with Crippen LogP contribution in [0.5, 0.6) is 0 Å². The van der Waals surface area contributed by atoms with Gasteiger partial charge in [-0.3, -0.25) is 14.4 Å². The van der Waals surface area contributed by atoms with E-state index in [-0.39, 0.29) is 43.4 Å². The zero-order valence-corrected chi connectivity index (χ0v) is 26.8. The van der Waals surface area contributed by atoms with Gasteiger partial charge < -0.3 is 31.3 Å². The molecule has 270 valence electrons. The van der Waals surface area contributed by atoms with Crippen molar-refractivity contribution in [1.29, 1.82) is 0 Å². The topological polar surface area (TPSA) is 154 Å². The van der Waals surface area contributed by atoms with Gasteiger partial charge in [0.25, 0.3) is 0 Å². The van der Waals surface area contributed by atoms with Crippen LogP contribution in [0.1, 0.15) is 68.3 Å². The minimum Gasteiger partial charge on any atom is -0.480 e. The third kappa shape index (κ3) is 10.9. The fourth-order valence-electron chi connectivity index (χ4n) is 6.05. The number of rotatable bonds is 14. The summed E-state index contributed by atoms with van der Waals surface area (Å²) in [6.07, 6.45) is -5.07. The zero-order chi connectivity index (χ0) is 35.8. The maximum Gasteiger partial charge on any atom is 0.451 e. The second-order valence-electron chi connectivity index (χ2n) is 12.4. The quantitative estimate of drug-likeness (QED) is 0.168. The van der Waals surface area contributed by atoms with Crippen molar-refractivity contribution in [2.45, 2.75) is 82.2 Å². The number of benzene rings is 1. The SMILES string of the molecule is NC(CCC(=O)NCCCC1CCN(c2cc(N3CCC[C@H]3C(=O)NCCc3ccc(C(F)(F)F)cc3)nc(C(F)(F)F)n2)CC1)C(=O)O. The highest BCUT2D eigenvalue weighted by molar-refractivity contribution is 5.85. The number of carboxylic acid groups (broad SMARTS) is 1. The molecule has 0 spiro atoms. The maximum absolute atomic E-state index is 13.9. The fourth-order valence-corrected chi connectivity index (χ4v) is 6.05. The Hall–Kier alpha value is -4.15. The lowest BCUT2D eigenvalue weighted by Crippen LogP contribution is -2.44. The number of amides is 2. The Bertz CT molecular complexity index is 1430. The van der Waals surface area contributed by atoms with E-state index >= 15 is 0 Å². The van der Waals surface area contributed by atoms with Crippen molar-refractivity contribution in [1.82, 2.24) is 20.6 Å². The number of hydrogen-bond acceptors (Lipinski definition) is 8. The highest BCUT2D eigenvalue weighted by Crippen LogP contribution is 2.34. The first-order valence-electron chi connectivity index (χ1n) is 16.3. The molecular weight excluding hydrogens is 660 g/mol. The number of carboxylic acids is 1. The first-order valence-corrected chi connectivity index (χ1v) is 16.3. The van der Waals surface area contributed by atoms with Gasteiger partial charge in [0.2, 0.25) is 17.6 Å². The number of carbonyl (C=O) groups excluding carboxylic acids is 2. The normalized spacial score (nSPS) is 18.0. The van der Waals surface area contributed by atoms with Crippen LogP contribution in [-0.2, 0) is 33.2 Å². The molecule has 0 aliphatic carbocycles. The second-order valence-corrected chi connectivity index (χ2v) is 12.4. The molecule has 1 aromatic heterocycles. The smallest absolute Gasteiger partial charge is 0.451 e. The third-order valence-electron chi connectivity index (χ3n) is 8.85. The highest BCUT2D eigenvalue weighted by Gasteiger charge is 2.39. The molecule has 2 aromatic rings. The first-order chi connectivity index (χ1) is 23.1. The zero-order valence-electron chi connectivity index (χ0n) is 26.8. The predicted octanol–water partition coefficient (Wildman–Crippen LogP) is 4.15. The molecule has 0 saturated carbocycles. The molecule has 2 aliphatic heterocycles. The summed E-state index contributed by atoms with van der Waals surface area (Å²) in [5.74, 6) is -2.72. The van der Waals surface area contributed by atoms with E-state index in [2.05, 4.69) is 20.6 Å². The Morgan fingerprint density at radius 2 is 1.59 bits per heavy atom. The minimum absolute atomic E-state index is 0.000101. The van der Waals surface area contributed by atoms with Gasteiger partial charge in [0.05, 0.1) is 5.56 Å². The number of alkyl halides is 6. The monoisotopic (exact) mass is 701 g/mol. The van der Waals surface area contributed by atoms with Gasteiger partial charge in [-0.15, -0.1) is 0 Å². The van der Waals surface area contributed by atoms with E-state index in [0.717, 1.165) is 18.6 Å². The Morgan fingerprint density at radius 3 is 2.22 bits per heavy atom. The molecule has 1 aromatic carbocycles. The average molecular weight is 702 g/mol. The van der Waals surface area contributed by atoms with Gasteiger partial charge in [0, 0.05) is 45.2 Å². The summed E-state index contributed by atoms with van der Waals surface area (Å²) in [7, 11) is 0. The van der Waals surface area contributed by atoms with Crippen molar-refractivity contribution in [3.8, 4) is 0 Å². The van der Waals surface area contributed by atoms with Crippen molar-refractivity contribution < 1.29 is 45.8 Å². The van der Waals surface area contributed by atoms with Gasteiger partial charge >= 0.3 is 18.3 Å². The number of nitrogens with zero attached hydrogens (tertiary/aromatic N) is 4. The van der Waals surface area contributed by atoms with Crippen LogP contribution in [0.3, 0.4) is 0 Å². The average Bonchev–Trinajstić information content (AvgIpc) is 3.55. The molecule has 11 nitrogen and oxygen atoms in total. The van der Waals surface area contributed by atoms with Crippen molar-refractivity contribution in [2.24, 2.45) is 11.7 Å². The standard InChI is InChI=1S/C32H41F6N7O4/c33-31(34,35)22-7-5-21(6-8-22)11-15-41-28(47)24-4-2-16-45(24)26-19-25(42-30(43-26)32(36,37)38)44-17-12-20(13-18-44)3-1-14-40-27(46)10-9-23(39)29(48)49/h5-8,19-20,23-24H,1-4,9-18,39H2,(H,40,46)(H,41,47)(H,48,49)/t23?,24-/m0/s1. The molecular formula is C32H41F6N7O4. The van der Waals surface area contributed by atoms with E-state index in [4.69, 9.17) is 10.8 Å². The van der Waals surface area contributed by atoms with Gasteiger partial charge in [-0.05, 0) is 75.0 Å². The van der Waals surface area contributed by atoms with Crippen LogP contribution >= 0.6 is 0 Å². The van der Waals surface area contributed by atoms with Gasteiger partial charge in [0.1, 0.15) is 23.7 Å². The summed E-state index contributed by atoms with van der Waals surface area (Å²) in [4.78, 5) is 46.8. The van der Waals surface area contributed by atoms with E-state index in [1.807, 2.05) is 0 Å². The molecule has 49 heavy (non-hydrogen) atoms. The Labute approximate surface area is 279 Å².